The van der Waals surface area contributed by atoms with E-state index in [1.807, 2.05) is 4.90 Å². The van der Waals surface area contributed by atoms with Gasteiger partial charge in [0.2, 0.25) is 5.91 Å². The Bertz CT molecular complexity index is 255. The summed E-state index contributed by atoms with van der Waals surface area (Å²) < 4.78 is 0. The topological polar surface area (TPSA) is 32.3 Å². The Hall–Kier alpha value is 0.130. The van der Waals surface area contributed by atoms with Gasteiger partial charge in [-0.15, -0.1) is 0 Å². The third-order valence-electron chi connectivity index (χ3n) is 3.35. The van der Waals surface area contributed by atoms with Gasteiger partial charge >= 0.3 is 0 Å². The molecule has 2 fully saturated rings. The molecule has 0 bridgehead atoms. The van der Waals surface area contributed by atoms with Crippen molar-refractivity contribution in [3.63, 3.8) is 0 Å². The van der Waals surface area contributed by atoms with Gasteiger partial charge in [0.05, 0.1) is 0 Å². The molecule has 5 heteroatoms. The van der Waals surface area contributed by atoms with E-state index in [9.17, 15) is 4.79 Å². The van der Waals surface area contributed by atoms with Gasteiger partial charge in [-0.25, -0.2) is 0 Å². The molecule has 0 aromatic rings. The van der Waals surface area contributed by atoms with Crippen LogP contribution in [0.4, 0.5) is 0 Å². The first-order valence-electron chi connectivity index (χ1n) is 6.43. The average molecular weight is 274 g/mol. The second-order valence-electron chi connectivity index (χ2n) is 4.82. The number of hydrogen-bond acceptors (Lipinski definition) is 4. The van der Waals surface area contributed by atoms with Gasteiger partial charge in [0.15, 0.2) is 0 Å². The number of nitrogens with one attached hydrogen (secondary N) is 1. The van der Waals surface area contributed by atoms with E-state index in [0.717, 1.165) is 19.5 Å². The highest BCUT2D eigenvalue weighted by Gasteiger charge is 2.24. The van der Waals surface area contributed by atoms with Crippen LogP contribution < -0.4 is 5.32 Å². The lowest BCUT2D eigenvalue weighted by Gasteiger charge is -2.34. The van der Waals surface area contributed by atoms with Crippen LogP contribution >= 0.6 is 23.5 Å². The van der Waals surface area contributed by atoms with Gasteiger partial charge in [0.1, 0.15) is 0 Å². The van der Waals surface area contributed by atoms with Crippen molar-refractivity contribution in [1.82, 2.24) is 10.2 Å². The zero-order valence-corrected chi connectivity index (χ0v) is 12.1. The summed E-state index contributed by atoms with van der Waals surface area (Å²) in [4.78, 5) is 13.4. The van der Waals surface area contributed by atoms with Crippen LogP contribution in [0.3, 0.4) is 0 Å². The number of hydrogen-bond donors (Lipinski definition) is 1. The SMILES string of the molecule is CC(=O)N1CCC[C@H](NC2CSCCSC2)C1. The van der Waals surface area contributed by atoms with Crippen LogP contribution in [0, 0.1) is 0 Å². The molecule has 3 nitrogen and oxygen atoms in total. The van der Waals surface area contributed by atoms with Gasteiger partial charge in [-0.3, -0.25) is 4.79 Å². The molecule has 2 heterocycles. The van der Waals surface area contributed by atoms with Crippen LogP contribution in [0.2, 0.25) is 0 Å². The summed E-state index contributed by atoms with van der Waals surface area (Å²) in [5, 5.41) is 3.75. The van der Waals surface area contributed by atoms with Crippen LogP contribution in [-0.2, 0) is 4.79 Å². The lowest BCUT2D eigenvalue weighted by molar-refractivity contribution is -0.130. The van der Waals surface area contributed by atoms with Crippen LogP contribution in [0.25, 0.3) is 0 Å². The molecule has 2 saturated heterocycles. The van der Waals surface area contributed by atoms with Gasteiger partial charge < -0.3 is 10.2 Å². The van der Waals surface area contributed by atoms with Crippen molar-refractivity contribution in [3.05, 3.63) is 0 Å². The maximum atomic E-state index is 11.4. The van der Waals surface area contributed by atoms with E-state index < -0.39 is 0 Å². The molecule has 2 aliphatic heterocycles. The Morgan fingerprint density at radius 2 is 1.94 bits per heavy atom. The summed E-state index contributed by atoms with van der Waals surface area (Å²) in [5.74, 6) is 5.24. The molecule has 0 aliphatic carbocycles. The van der Waals surface area contributed by atoms with Crippen molar-refractivity contribution in [1.29, 1.82) is 0 Å². The molecule has 2 aliphatic rings. The highest BCUT2D eigenvalue weighted by atomic mass is 32.2. The van der Waals surface area contributed by atoms with Crippen molar-refractivity contribution in [2.45, 2.75) is 31.8 Å². The van der Waals surface area contributed by atoms with Gasteiger partial charge in [-0.1, -0.05) is 0 Å². The van der Waals surface area contributed by atoms with Crippen LogP contribution in [0.1, 0.15) is 19.8 Å². The van der Waals surface area contributed by atoms with Crippen molar-refractivity contribution in [3.8, 4) is 0 Å². The second-order valence-corrected chi connectivity index (χ2v) is 7.12. The summed E-state index contributed by atoms with van der Waals surface area (Å²) in [6.45, 7) is 3.53. The predicted octanol–water partition coefficient (Wildman–Crippen LogP) is 1.44. The fourth-order valence-electron chi connectivity index (χ4n) is 2.45. The van der Waals surface area contributed by atoms with E-state index >= 15 is 0 Å². The van der Waals surface area contributed by atoms with Crippen LogP contribution in [0.15, 0.2) is 0 Å². The third kappa shape index (κ3) is 4.38. The minimum absolute atomic E-state index is 0.223. The largest absolute Gasteiger partial charge is 0.341 e. The third-order valence-corrected chi connectivity index (χ3v) is 5.87. The molecule has 17 heavy (non-hydrogen) atoms. The van der Waals surface area contributed by atoms with E-state index in [1.54, 1.807) is 6.92 Å². The maximum absolute atomic E-state index is 11.4. The number of nitrogens with zero attached hydrogens (tertiary/aromatic N) is 1. The molecule has 1 atom stereocenters. The first-order valence-corrected chi connectivity index (χ1v) is 8.73. The Labute approximate surface area is 112 Å². The highest BCUT2D eigenvalue weighted by molar-refractivity contribution is 8.03. The standard InChI is InChI=1S/C12H22N2OS2/c1-10(15)14-4-2-3-11(7-14)13-12-8-16-5-6-17-9-12/h11-13H,2-9H2,1H3/t11-/m0/s1. The van der Waals surface area contributed by atoms with Gasteiger partial charge in [0, 0.05) is 55.1 Å². The first kappa shape index (κ1) is 13.6. The minimum Gasteiger partial charge on any atom is -0.341 e. The molecule has 1 N–H and O–H groups in total. The number of rotatable bonds is 2. The van der Waals surface area contributed by atoms with Crippen molar-refractivity contribution in [2.75, 3.05) is 36.1 Å². The molecule has 0 unspecified atom stereocenters. The predicted molar refractivity (Wildman–Crippen MR) is 76.8 cm³/mol. The van der Waals surface area contributed by atoms with Gasteiger partial charge in [-0.05, 0) is 12.8 Å². The molecule has 0 radical (unpaired) electrons. The van der Waals surface area contributed by atoms with Crippen LogP contribution in [0.5, 0.6) is 0 Å². The fourth-order valence-corrected chi connectivity index (χ4v) is 4.87. The Balaban J connectivity index is 1.79. The van der Waals surface area contributed by atoms with Crippen molar-refractivity contribution >= 4 is 29.4 Å². The lowest BCUT2D eigenvalue weighted by atomic mass is 10.1. The summed E-state index contributed by atoms with van der Waals surface area (Å²) in [7, 11) is 0. The number of amides is 1. The first-order chi connectivity index (χ1) is 8.25. The normalized spacial score (nSPS) is 27.8. The molecule has 2 rings (SSSR count). The Morgan fingerprint density at radius 1 is 1.24 bits per heavy atom. The number of thioether (sulfide) groups is 2. The van der Waals surface area contributed by atoms with E-state index in [-0.39, 0.29) is 5.91 Å². The molecule has 1 amide bonds. The minimum atomic E-state index is 0.223. The monoisotopic (exact) mass is 274 g/mol. The summed E-state index contributed by atoms with van der Waals surface area (Å²) in [6, 6.07) is 1.14. The highest BCUT2D eigenvalue weighted by Crippen LogP contribution is 2.18. The summed E-state index contributed by atoms with van der Waals surface area (Å²) in [6.07, 6.45) is 2.36. The smallest absolute Gasteiger partial charge is 0.219 e. The molecular formula is C12H22N2OS2. The van der Waals surface area contributed by atoms with Crippen molar-refractivity contribution in [2.24, 2.45) is 0 Å². The van der Waals surface area contributed by atoms with Gasteiger partial charge in [0.25, 0.3) is 0 Å². The van der Waals surface area contributed by atoms with E-state index in [1.165, 1.54) is 29.4 Å². The summed E-state index contributed by atoms with van der Waals surface area (Å²) in [5.41, 5.74) is 0. The molecule has 0 aromatic heterocycles. The van der Waals surface area contributed by atoms with E-state index in [0.29, 0.717) is 12.1 Å². The maximum Gasteiger partial charge on any atom is 0.219 e. The van der Waals surface area contributed by atoms with E-state index in [2.05, 4.69) is 28.8 Å². The number of piperidine rings is 1. The Kier molecular flexibility index (Phi) is 5.50. The van der Waals surface area contributed by atoms with E-state index in [4.69, 9.17) is 0 Å². The molecule has 0 spiro atoms. The second kappa shape index (κ2) is 6.90. The molecule has 98 valence electrons. The quantitative estimate of drug-likeness (QED) is 0.826. The Morgan fingerprint density at radius 3 is 2.59 bits per heavy atom. The molecule has 0 saturated carbocycles. The van der Waals surface area contributed by atoms with Gasteiger partial charge in [-0.2, -0.15) is 23.5 Å². The zero-order chi connectivity index (χ0) is 12.1. The molecular weight excluding hydrogens is 252 g/mol. The summed E-state index contributed by atoms with van der Waals surface area (Å²) >= 11 is 4.11. The average Bonchev–Trinajstić information content (AvgIpc) is 2.58. The molecule has 0 aromatic carbocycles. The number of likely N-dealkylation sites (tertiary alicyclic amines) is 1. The zero-order valence-electron chi connectivity index (χ0n) is 10.5. The lowest BCUT2D eigenvalue weighted by Crippen LogP contribution is -2.51. The van der Waals surface area contributed by atoms with Crippen LogP contribution in [-0.4, -0.2) is 59.0 Å². The van der Waals surface area contributed by atoms with Crippen molar-refractivity contribution < 1.29 is 4.79 Å². The fraction of sp³-hybridized carbons (Fsp3) is 0.917. The number of carbonyl (C=O) groups excluding carboxylic acids is 1. The number of carbonyl (C=O) groups is 1.